The lowest BCUT2D eigenvalue weighted by Gasteiger charge is -2.31. The van der Waals surface area contributed by atoms with Crippen LogP contribution in [0.15, 0.2) is 48.5 Å². The lowest BCUT2D eigenvalue weighted by atomic mass is 9.94. The third-order valence-electron chi connectivity index (χ3n) is 6.82. The second-order valence-corrected chi connectivity index (χ2v) is 9.11. The Morgan fingerprint density at radius 2 is 1.62 bits per heavy atom. The van der Waals surface area contributed by atoms with Gasteiger partial charge in [-0.05, 0) is 60.0 Å². The van der Waals surface area contributed by atoms with Crippen molar-refractivity contribution in [2.24, 2.45) is 0 Å². The van der Waals surface area contributed by atoms with E-state index in [2.05, 4.69) is 0 Å². The molecule has 2 heterocycles. The van der Waals surface area contributed by atoms with Crippen LogP contribution in [0.25, 0.3) is 0 Å². The van der Waals surface area contributed by atoms with E-state index < -0.39 is 30.6 Å². The number of hydrogen-bond donors (Lipinski definition) is 2. The van der Waals surface area contributed by atoms with E-state index >= 15 is 0 Å². The van der Waals surface area contributed by atoms with Gasteiger partial charge in [-0.15, -0.1) is 0 Å². The SMILES string of the molecule is CCOc1ccc2c(c1)[C@H](c1ccc(OC)c(OC)c1OCC(=O)O)N(CC(=O)O)[C@@H]2c1ccc2c(c1)OCO2. The summed E-state index contributed by atoms with van der Waals surface area (Å²) >= 11 is 0. The lowest BCUT2D eigenvalue weighted by molar-refractivity contribution is -0.139. The summed E-state index contributed by atoms with van der Waals surface area (Å²) in [4.78, 5) is 25.6. The quantitative estimate of drug-likeness (QED) is 0.360. The van der Waals surface area contributed by atoms with Gasteiger partial charge in [0.1, 0.15) is 5.75 Å². The number of nitrogens with zero attached hydrogens (tertiary/aromatic N) is 1. The zero-order chi connectivity index (χ0) is 28.4. The molecule has 0 aromatic heterocycles. The van der Waals surface area contributed by atoms with Gasteiger partial charge >= 0.3 is 11.9 Å². The highest BCUT2D eigenvalue weighted by atomic mass is 16.7. The zero-order valence-corrected chi connectivity index (χ0v) is 22.2. The van der Waals surface area contributed by atoms with E-state index in [9.17, 15) is 19.8 Å². The molecule has 0 unspecified atom stereocenters. The second kappa shape index (κ2) is 11.2. The van der Waals surface area contributed by atoms with Gasteiger partial charge in [0.05, 0.1) is 39.5 Å². The first-order valence-electron chi connectivity index (χ1n) is 12.6. The number of methoxy groups -OCH3 is 2. The van der Waals surface area contributed by atoms with Gasteiger partial charge in [-0.1, -0.05) is 12.1 Å². The molecule has 0 bridgehead atoms. The first kappa shape index (κ1) is 26.9. The third-order valence-corrected chi connectivity index (χ3v) is 6.82. The lowest BCUT2D eigenvalue weighted by Crippen LogP contribution is -2.33. The molecule has 0 aliphatic carbocycles. The normalized spacial score (nSPS) is 17.3. The van der Waals surface area contributed by atoms with Crippen LogP contribution in [0.3, 0.4) is 0 Å². The summed E-state index contributed by atoms with van der Waals surface area (Å²) in [5.41, 5.74) is 2.94. The summed E-state index contributed by atoms with van der Waals surface area (Å²) in [6, 6.07) is 13.4. The smallest absolute Gasteiger partial charge is 0.341 e. The topological polar surface area (TPSA) is 133 Å². The highest BCUT2D eigenvalue weighted by molar-refractivity contribution is 5.71. The second-order valence-electron chi connectivity index (χ2n) is 9.11. The molecular formula is C29H29NO10. The summed E-state index contributed by atoms with van der Waals surface area (Å²) in [6.45, 7) is 1.45. The van der Waals surface area contributed by atoms with Crippen LogP contribution in [0.1, 0.15) is 41.3 Å². The van der Waals surface area contributed by atoms with Crippen LogP contribution in [-0.2, 0) is 9.59 Å². The third kappa shape index (κ3) is 4.91. The number of rotatable bonds is 11. The Morgan fingerprint density at radius 1 is 0.850 bits per heavy atom. The number of aliphatic carboxylic acids is 2. The van der Waals surface area contributed by atoms with E-state index in [0.29, 0.717) is 35.2 Å². The first-order chi connectivity index (χ1) is 19.4. The number of benzene rings is 3. The molecular weight excluding hydrogens is 522 g/mol. The van der Waals surface area contributed by atoms with Gasteiger partial charge in [-0.2, -0.15) is 0 Å². The molecule has 11 heteroatoms. The summed E-state index contributed by atoms with van der Waals surface area (Å²) in [7, 11) is 2.89. The van der Waals surface area contributed by atoms with Crippen molar-refractivity contribution < 1.29 is 48.2 Å². The van der Waals surface area contributed by atoms with Gasteiger partial charge in [-0.25, -0.2) is 4.79 Å². The van der Waals surface area contributed by atoms with E-state index in [1.54, 1.807) is 18.2 Å². The Labute approximate surface area is 230 Å². The number of ether oxygens (including phenoxy) is 6. The number of hydrogen-bond acceptors (Lipinski definition) is 9. The van der Waals surface area contributed by atoms with E-state index in [1.807, 2.05) is 42.2 Å². The molecule has 2 atom stereocenters. The Kier molecular flexibility index (Phi) is 7.56. The monoisotopic (exact) mass is 551 g/mol. The molecule has 0 radical (unpaired) electrons. The van der Waals surface area contributed by atoms with E-state index in [-0.39, 0.29) is 24.8 Å². The van der Waals surface area contributed by atoms with Crippen LogP contribution in [0, 0.1) is 0 Å². The number of carboxylic acid groups (broad SMARTS) is 2. The zero-order valence-electron chi connectivity index (χ0n) is 22.2. The van der Waals surface area contributed by atoms with Crippen molar-refractivity contribution in [3.8, 4) is 34.5 Å². The largest absolute Gasteiger partial charge is 0.494 e. The molecule has 40 heavy (non-hydrogen) atoms. The molecule has 2 aliphatic rings. The first-order valence-corrected chi connectivity index (χ1v) is 12.6. The van der Waals surface area contributed by atoms with Gasteiger partial charge in [0.25, 0.3) is 0 Å². The molecule has 3 aromatic carbocycles. The maximum Gasteiger partial charge on any atom is 0.341 e. The molecule has 3 aromatic rings. The molecule has 0 saturated heterocycles. The highest BCUT2D eigenvalue weighted by Crippen LogP contribution is 2.54. The maximum atomic E-state index is 12.3. The van der Waals surface area contributed by atoms with Crippen molar-refractivity contribution in [1.29, 1.82) is 0 Å². The van der Waals surface area contributed by atoms with E-state index in [0.717, 1.165) is 16.7 Å². The van der Waals surface area contributed by atoms with Crippen molar-refractivity contribution in [3.63, 3.8) is 0 Å². The fraction of sp³-hybridized carbons (Fsp3) is 0.310. The Bertz CT molecular complexity index is 1440. The van der Waals surface area contributed by atoms with E-state index in [4.69, 9.17) is 28.4 Å². The van der Waals surface area contributed by atoms with Gasteiger partial charge in [0, 0.05) is 5.56 Å². The molecule has 0 amide bonds. The van der Waals surface area contributed by atoms with Crippen molar-refractivity contribution in [1.82, 2.24) is 4.90 Å². The standard InChI is InChI=1S/C29H29NO10/c1-4-37-17-6-7-18-20(12-17)27(19-8-10-22(35-2)29(36-3)28(19)38-14-25(33)34)30(13-24(31)32)26(18)16-5-9-21-23(11-16)40-15-39-21/h5-12,26-27H,4,13-15H2,1-3H3,(H,31,32)(H,33,34)/t26-,27+/m1/s1. The van der Waals surface area contributed by atoms with Gasteiger partial charge in [0.15, 0.2) is 29.6 Å². The Balaban J connectivity index is 1.74. The van der Waals surface area contributed by atoms with E-state index in [1.165, 1.54) is 14.2 Å². The molecule has 210 valence electrons. The fourth-order valence-electron chi connectivity index (χ4n) is 5.35. The Hall–Kier alpha value is -4.64. The fourth-order valence-corrected chi connectivity index (χ4v) is 5.35. The van der Waals surface area contributed by atoms with Gasteiger partial charge in [-0.3, -0.25) is 9.69 Å². The Morgan fingerprint density at radius 3 is 2.33 bits per heavy atom. The van der Waals surface area contributed by atoms with Crippen LogP contribution in [-0.4, -0.2) is 67.8 Å². The summed E-state index contributed by atoms with van der Waals surface area (Å²) in [5, 5.41) is 19.4. The molecule has 2 aliphatic heterocycles. The van der Waals surface area contributed by atoms with Gasteiger partial charge in [0.2, 0.25) is 12.5 Å². The number of carboxylic acids is 2. The summed E-state index contributed by atoms with van der Waals surface area (Å²) in [5.74, 6) is 0.254. The van der Waals surface area contributed by atoms with Crippen molar-refractivity contribution >= 4 is 11.9 Å². The van der Waals surface area contributed by atoms with Crippen molar-refractivity contribution in [2.75, 3.05) is 40.8 Å². The molecule has 0 spiro atoms. The van der Waals surface area contributed by atoms with Crippen LogP contribution in [0.2, 0.25) is 0 Å². The minimum atomic E-state index is -1.18. The minimum Gasteiger partial charge on any atom is -0.494 e. The summed E-state index contributed by atoms with van der Waals surface area (Å²) < 4.78 is 33.7. The van der Waals surface area contributed by atoms with Crippen LogP contribution in [0.5, 0.6) is 34.5 Å². The van der Waals surface area contributed by atoms with Crippen LogP contribution >= 0.6 is 0 Å². The minimum absolute atomic E-state index is 0.106. The van der Waals surface area contributed by atoms with Crippen molar-refractivity contribution in [2.45, 2.75) is 19.0 Å². The average Bonchev–Trinajstić information content (AvgIpc) is 3.52. The van der Waals surface area contributed by atoms with Crippen LogP contribution in [0.4, 0.5) is 0 Å². The number of fused-ring (bicyclic) bond motifs is 2. The predicted octanol–water partition coefficient (Wildman–Crippen LogP) is 3.87. The highest BCUT2D eigenvalue weighted by Gasteiger charge is 2.43. The van der Waals surface area contributed by atoms with Crippen LogP contribution < -0.4 is 28.4 Å². The average molecular weight is 552 g/mol. The molecule has 5 rings (SSSR count). The molecule has 0 fully saturated rings. The predicted molar refractivity (Wildman–Crippen MR) is 141 cm³/mol. The van der Waals surface area contributed by atoms with Gasteiger partial charge < -0.3 is 38.6 Å². The number of carbonyl (C=O) groups is 2. The molecule has 2 N–H and O–H groups in total. The maximum absolute atomic E-state index is 12.3. The molecule has 0 saturated carbocycles. The van der Waals surface area contributed by atoms with Crippen molar-refractivity contribution in [3.05, 3.63) is 70.8 Å². The molecule has 11 nitrogen and oxygen atoms in total. The summed E-state index contributed by atoms with van der Waals surface area (Å²) in [6.07, 6.45) is 0.